The van der Waals surface area contributed by atoms with Crippen LogP contribution in [0.4, 0.5) is 22.0 Å². The van der Waals surface area contributed by atoms with Crippen LogP contribution in [-0.4, -0.2) is 9.13 Å². The second-order valence-electron chi connectivity index (χ2n) is 15.6. The van der Waals surface area contributed by atoms with Crippen LogP contribution in [-0.2, 0) is 10.8 Å². The quantitative estimate of drug-likeness (QED) is 0.102. The second-order valence-corrected chi connectivity index (χ2v) is 15.6. The summed E-state index contributed by atoms with van der Waals surface area (Å²) in [5, 5.41) is 14.6. The van der Waals surface area contributed by atoms with Crippen molar-refractivity contribution in [3.8, 4) is 28.6 Å². The Kier molecular flexibility index (Phi) is 7.60. The van der Waals surface area contributed by atoms with Crippen LogP contribution in [0.25, 0.3) is 66.1 Å². The van der Waals surface area contributed by atoms with E-state index in [1.54, 1.807) is 0 Å². The van der Waals surface area contributed by atoms with Gasteiger partial charge in [-0.05, 0) is 63.9 Å². The molecule has 264 valence electrons. The van der Waals surface area contributed by atoms with Gasteiger partial charge in [0, 0.05) is 21.5 Å². The van der Waals surface area contributed by atoms with Crippen molar-refractivity contribution in [1.82, 2.24) is 9.13 Å². The third-order valence-corrected chi connectivity index (χ3v) is 10.3. The van der Waals surface area contributed by atoms with Crippen LogP contribution in [0.3, 0.4) is 0 Å². The number of hydrogen-bond acceptors (Lipinski definition) is 1. The summed E-state index contributed by atoms with van der Waals surface area (Å²) in [5.41, 5.74) is 3.53. The standard InChI is InChI=1S/C45H34F5N3/c1-44(2,3)25-15-17-29-27-11-7-9-13-32(27)52(36(29)21-25)34-19-24(38-39(46)41(48)43(50)42(49)40(38)47)20-35(31(34)23-51)53-33-14-10-8-12-28(33)30-18-16-26(22-37(30)53)45(4,5)6/h7-22H,1-6H3. The van der Waals surface area contributed by atoms with Crippen LogP contribution in [0, 0.1) is 40.4 Å². The number of rotatable bonds is 3. The lowest BCUT2D eigenvalue weighted by Gasteiger charge is -2.22. The zero-order valence-corrected chi connectivity index (χ0v) is 30.0. The number of nitrogens with zero attached hydrogens (tertiary/aromatic N) is 3. The highest BCUT2D eigenvalue weighted by molar-refractivity contribution is 6.11. The molecule has 53 heavy (non-hydrogen) atoms. The summed E-state index contributed by atoms with van der Waals surface area (Å²) >= 11 is 0. The third-order valence-electron chi connectivity index (χ3n) is 10.3. The maximum atomic E-state index is 15.8. The first-order chi connectivity index (χ1) is 25.1. The first kappa shape index (κ1) is 34.2. The molecule has 0 amide bonds. The Morgan fingerprint density at radius 1 is 0.472 bits per heavy atom. The van der Waals surface area contributed by atoms with Crippen molar-refractivity contribution in [2.24, 2.45) is 0 Å². The van der Waals surface area contributed by atoms with Gasteiger partial charge in [-0.15, -0.1) is 0 Å². The Hall–Kier alpha value is -5.94. The molecular weight excluding hydrogens is 678 g/mol. The van der Waals surface area contributed by atoms with E-state index in [1.165, 1.54) is 12.1 Å². The highest BCUT2D eigenvalue weighted by Crippen LogP contribution is 2.43. The molecule has 0 fully saturated rings. The van der Waals surface area contributed by atoms with Crippen LogP contribution in [0.2, 0.25) is 0 Å². The molecule has 8 aromatic rings. The molecule has 6 aromatic carbocycles. The third kappa shape index (κ3) is 5.13. The zero-order chi connectivity index (χ0) is 37.7. The maximum absolute atomic E-state index is 15.8. The Morgan fingerprint density at radius 3 is 1.25 bits per heavy atom. The number of fused-ring (bicyclic) bond motifs is 6. The molecule has 3 nitrogen and oxygen atoms in total. The van der Waals surface area contributed by atoms with E-state index in [4.69, 9.17) is 0 Å². The highest BCUT2D eigenvalue weighted by atomic mass is 19.2. The molecule has 0 unspecified atom stereocenters. The molecule has 0 aliphatic heterocycles. The van der Waals surface area contributed by atoms with E-state index >= 15 is 8.78 Å². The summed E-state index contributed by atoms with van der Waals surface area (Å²) in [6.07, 6.45) is 0. The van der Waals surface area contributed by atoms with Gasteiger partial charge in [-0.1, -0.05) is 102 Å². The van der Waals surface area contributed by atoms with Gasteiger partial charge in [-0.3, -0.25) is 0 Å². The van der Waals surface area contributed by atoms with Gasteiger partial charge in [-0.25, -0.2) is 22.0 Å². The number of aromatic nitrogens is 2. The fourth-order valence-corrected chi connectivity index (χ4v) is 7.47. The largest absolute Gasteiger partial charge is 0.308 e. The van der Waals surface area contributed by atoms with Gasteiger partial charge >= 0.3 is 0 Å². The lowest BCUT2D eigenvalue weighted by molar-refractivity contribution is 0.381. The average molecular weight is 712 g/mol. The molecular formula is C45H34F5N3. The number of para-hydroxylation sites is 2. The molecule has 2 heterocycles. The van der Waals surface area contributed by atoms with Crippen molar-refractivity contribution in [1.29, 1.82) is 5.26 Å². The van der Waals surface area contributed by atoms with E-state index in [0.29, 0.717) is 22.1 Å². The molecule has 0 radical (unpaired) electrons. The Balaban J connectivity index is 1.61. The van der Waals surface area contributed by atoms with Crippen molar-refractivity contribution >= 4 is 43.6 Å². The van der Waals surface area contributed by atoms with E-state index in [0.717, 1.165) is 32.7 Å². The minimum absolute atomic E-state index is 0.144. The fraction of sp³-hybridized carbons (Fsp3) is 0.178. The molecule has 8 heteroatoms. The Labute approximate surface area is 303 Å². The SMILES string of the molecule is CC(C)(C)c1ccc2c3ccccc3n(-c3cc(-c4c(F)c(F)c(F)c(F)c4F)cc(-n4c5ccccc5c5ccc(C(C)(C)C)cc54)c3C#N)c2c1. The highest BCUT2D eigenvalue weighted by Gasteiger charge is 2.30. The number of halogens is 5. The van der Waals surface area contributed by atoms with E-state index in [1.807, 2.05) is 94.1 Å². The number of benzene rings is 6. The van der Waals surface area contributed by atoms with E-state index in [9.17, 15) is 18.4 Å². The summed E-state index contributed by atoms with van der Waals surface area (Å²) in [4.78, 5) is 0. The molecule has 0 spiro atoms. The lowest BCUT2D eigenvalue weighted by Crippen LogP contribution is -2.12. The monoisotopic (exact) mass is 711 g/mol. The minimum atomic E-state index is -2.24. The normalized spacial score (nSPS) is 12.4. The summed E-state index contributed by atoms with van der Waals surface area (Å²) < 4.78 is 79.5. The summed E-state index contributed by atoms with van der Waals surface area (Å²) in [5.74, 6) is -10.3. The maximum Gasteiger partial charge on any atom is 0.200 e. The van der Waals surface area contributed by atoms with Gasteiger partial charge in [0.25, 0.3) is 0 Å². The van der Waals surface area contributed by atoms with Gasteiger partial charge in [0.1, 0.15) is 11.6 Å². The second kappa shape index (κ2) is 11.8. The average Bonchev–Trinajstić information content (AvgIpc) is 3.64. The van der Waals surface area contributed by atoms with Crippen molar-refractivity contribution in [3.63, 3.8) is 0 Å². The molecule has 2 aromatic heterocycles. The van der Waals surface area contributed by atoms with Crippen molar-refractivity contribution < 1.29 is 22.0 Å². The fourth-order valence-electron chi connectivity index (χ4n) is 7.47. The lowest BCUT2D eigenvalue weighted by atomic mass is 9.86. The van der Waals surface area contributed by atoms with Gasteiger partial charge in [-0.2, -0.15) is 5.26 Å². The van der Waals surface area contributed by atoms with Crippen molar-refractivity contribution in [2.75, 3.05) is 0 Å². The molecule has 0 aliphatic carbocycles. The molecule has 0 bridgehead atoms. The summed E-state index contributed by atoms with van der Waals surface area (Å²) in [6.45, 7) is 12.5. The van der Waals surface area contributed by atoms with Crippen LogP contribution in [0.5, 0.6) is 0 Å². The van der Waals surface area contributed by atoms with Crippen LogP contribution in [0.15, 0.2) is 97.1 Å². The molecule has 8 rings (SSSR count). The van der Waals surface area contributed by atoms with E-state index in [2.05, 4.69) is 47.6 Å². The van der Waals surface area contributed by atoms with Gasteiger partial charge < -0.3 is 9.13 Å². The Morgan fingerprint density at radius 2 is 0.849 bits per heavy atom. The van der Waals surface area contributed by atoms with Gasteiger partial charge in [0.2, 0.25) is 5.82 Å². The van der Waals surface area contributed by atoms with Crippen molar-refractivity contribution in [3.05, 3.63) is 143 Å². The van der Waals surface area contributed by atoms with E-state index in [-0.39, 0.29) is 33.3 Å². The zero-order valence-electron chi connectivity index (χ0n) is 30.0. The van der Waals surface area contributed by atoms with Crippen LogP contribution < -0.4 is 0 Å². The van der Waals surface area contributed by atoms with Crippen molar-refractivity contribution in [2.45, 2.75) is 52.4 Å². The molecule has 0 saturated carbocycles. The Bertz CT molecular complexity index is 2690. The summed E-state index contributed by atoms with van der Waals surface area (Å²) in [6, 6.07) is 32.4. The summed E-state index contributed by atoms with van der Waals surface area (Å²) in [7, 11) is 0. The first-order valence-corrected chi connectivity index (χ1v) is 17.3. The number of hydrogen-bond donors (Lipinski definition) is 0. The molecule has 0 atom stereocenters. The predicted octanol–water partition coefficient (Wildman–Crippen LogP) is 12.7. The van der Waals surface area contributed by atoms with Crippen LogP contribution in [0.1, 0.15) is 58.2 Å². The predicted molar refractivity (Wildman–Crippen MR) is 202 cm³/mol. The number of nitriles is 1. The molecule has 0 N–H and O–H groups in total. The molecule has 0 saturated heterocycles. The molecule has 0 aliphatic rings. The van der Waals surface area contributed by atoms with Crippen LogP contribution >= 0.6 is 0 Å². The van der Waals surface area contributed by atoms with Gasteiger partial charge in [0.15, 0.2) is 23.3 Å². The minimum Gasteiger partial charge on any atom is -0.308 e. The topological polar surface area (TPSA) is 33.6 Å². The van der Waals surface area contributed by atoms with E-state index < -0.39 is 34.6 Å². The first-order valence-electron chi connectivity index (χ1n) is 17.3. The van der Waals surface area contributed by atoms with Gasteiger partial charge in [0.05, 0.1) is 39.0 Å². The smallest absolute Gasteiger partial charge is 0.200 e.